The maximum atomic E-state index is 12.7. The van der Waals surface area contributed by atoms with Crippen LogP contribution in [0.1, 0.15) is 27.9 Å². The molecule has 20 heavy (non-hydrogen) atoms. The van der Waals surface area contributed by atoms with Gasteiger partial charge in [-0.15, -0.1) is 9.24 Å². The van der Waals surface area contributed by atoms with E-state index in [0.717, 1.165) is 0 Å². The monoisotopic (exact) mass is 309 g/mol. The number of ketones is 1. The fourth-order valence-electron chi connectivity index (χ4n) is 1.58. The molecule has 107 valence electrons. The second-order valence-corrected chi connectivity index (χ2v) is 4.26. The second-order valence-electron chi connectivity index (χ2n) is 3.69. The third-order valence-electron chi connectivity index (χ3n) is 2.33. The molecule has 0 aliphatic rings. The minimum atomic E-state index is -5.01. The number of carbonyl (C=O) groups is 1. The molecule has 1 aromatic carbocycles. The van der Waals surface area contributed by atoms with Crippen LogP contribution in [0.2, 0.25) is 0 Å². The number of carbonyl (C=O) groups excluding carboxylic acids is 1. The van der Waals surface area contributed by atoms with E-state index >= 15 is 0 Å². The Kier molecular flexibility index (Phi) is 6.80. The fraction of sp³-hybridized carbons (Fsp3) is 0.364. The molecule has 0 aliphatic heterocycles. The van der Waals surface area contributed by atoms with E-state index in [2.05, 4.69) is 9.24 Å². The van der Waals surface area contributed by atoms with Crippen LogP contribution < -0.4 is 0 Å². The van der Waals surface area contributed by atoms with Crippen LogP contribution in [0.25, 0.3) is 0 Å². The first-order chi connectivity index (χ1) is 8.59. The summed E-state index contributed by atoms with van der Waals surface area (Å²) in [6.45, 7) is 0. The van der Waals surface area contributed by atoms with Crippen molar-refractivity contribution in [3.63, 3.8) is 0 Å². The summed E-state index contributed by atoms with van der Waals surface area (Å²) in [7, 11) is 2.08. The zero-order valence-electron chi connectivity index (χ0n) is 10.4. The minimum absolute atomic E-state index is 0. The van der Waals surface area contributed by atoms with Crippen LogP contribution in [0.15, 0.2) is 18.2 Å². The summed E-state index contributed by atoms with van der Waals surface area (Å²) >= 11 is 0. The van der Waals surface area contributed by atoms with Crippen LogP contribution in [0.4, 0.5) is 26.3 Å². The molecule has 1 rings (SSSR count). The van der Waals surface area contributed by atoms with Gasteiger partial charge in [0.2, 0.25) is 0 Å². The summed E-state index contributed by atoms with van der Waals surface area (Å²) in [6.07, 6.45) is -10.3. The molecule has 1 unspecified atom stereocenters. The topological polar surface area (TPSA) is 17.1 Å². The van der Waals surface area contributed by atoms with E-state index in [-0.39, 0.29) is 25.0 Å². The van der Waals surface area contributed by atoms with Gasteiger partial charge in [-0.1, -0.05) is 6.07 Å². The van der Waals surface area contributed by atoms with Crippen LogP contribution in [-0.2, 0) is 12.4 Å². The first kappa shape index (κ1) is 19.5. The fourth-order valence-corrected chi connectivity index (χ4v) is 1.84. The average Bonchev–Trinajstić information content (AvgIpc) is 2.26. The summed E-state index contributed by atoms with van der Waals surface area (Å²) in [6, 6.07) is 1.60. The number of rotatable bonds is 3. The molecule has 1 atom stereocenters. The van der Waals surface area contributed by atoms with Gasteiger partial charge in [0.05, 0.1) is 11.1 Å². The van der Waals surface area contributed by atoms with E-state index in [4.69, 9.17) is 0 Å². The summed E-state index contributed by atoms with van der Waals surface area (Å²) in [5.74, 6) is -1.17. The van der Waals surface area contributed by atoms with Gasteiger partial charge in [-0.25, -0.2) is 0 Å². The van der Waals surface area contributed by atoms with Crippen molar-refractivity contribution in [1.29, 1.82) is 0 Å². The molecular formula is C11H9F6LiOP. The molecule has 1 aromatic rings. The zero-order valence-corrected chi connectivity index (χ0v) is 11.6. The molecule has 0 aliphatic carbocycles. The van der Waals surface area contributed by atoms with Gasteiger partial charge in [0.15, 0.2) is 5.78 Å². The molecule has 9 heteroatoms. The van der Waals surface area contributed by atoms with Crippen LogP contribution in [0.3, 0.4) is 0 Å². The van der Waals surface area contributed by atoms with Gasteiger partial charge >= 0.3 is 12.4 Å². The van der Waals surface area contributed by atoms with E-state index in [1.807, 2.05) is 0 Å². The van der Waals surface area contributed by atoms with Gasteiger partial charge in [-0.3, -0.25) is 4.79 Å². The second kappa shape index (κ2) is 6.97. The predicted molar refractivity (Wildman–Crippen MR) is 65.7 cm³/mol. The Hall–Kier alpha value is -0.503. The molecule has 0 spiro atoms. The van der Waals surface area contributed by atoms with Crippen molar-refractivity contribution in [3.8, 4) is 0 Å². The summed E-state index contributed by atoms with van der Waals surface area (Å²) in [4.78, 5) is 11.6. The number of alkyl halides is 6. The molecule has 1 radical (unpaired) electrons. The number of benzene rings is 1. The Morgan fingerprint density at radius 1 is 1.00 bits per heavy atom. The number of hydrogen-bond acceptors (Lipinski definition) is 1. The Bertz CT molecular complexity index is 451. The molecule has 0 saturated carbocycles. The van der Waals surface area contributed by atoms with E-state index in [0.29, 0.717) is 18.2 Å². The van der Waals surface area contributed by atoms with E-state index in [1.165, 1.54) is 0 Å². The average molecular weight is 309 g/mol. The van der Waals surface area contributed by atoms with Crippen molar-refractivity contribution in [2.24, 2.45) is 0 Å². The van der Waals surface area contributed by atoms with Crippen LogP contribution in [0, 0.1) is 0 Å². The molecule has 0 bridgehead atoms. The van der Waals surface area contributed by atoms with Gasteiger partial charge in [-0.2, -0.15) is 26.3 Å². The molecule has 1 nitrogen and oxygen atoms in total. The van der Waals surface area contributed by atoms with Crippen molar-refractivity contribution in [1.82, 2.24) is 0 Å². The minimum Gasteiger partial charge on any atom is -0.294 e. The normalized spacial score (nSPS) is 11.9. The molecular weight excluding hydrogens is 300 g/mol. The Morgan fingerprint density at radius 3 is 1.70 bits per heavy atom. The third-order valence-corrected chi connectivity index (χ3v) is 2.61. The standard InChI is InChI=1S/C11H9F6OP.Li/c12-10(13,14)6-2-1-3-7(11(15,16)17)9(6)8(18)4-5-19;/h1-3H,4-5,19H2;. The third kappa shape index (κ3) is 4.51. The molecule has 0 N–H and O–H groups in total. The largest absolute Gasteiger partial charge is 0.417 e. The van der Waals surface area contributed by atoms with Crippen molar-refractivity contribution in [2.45, 2.75) is 18.8 Å². The molecule has 0 amide bonds. The maximum Gasteiger partial charge on any atom is 0.417 e. The zero-order chi connectivity index (χ0) is 14.8. The Balaban J connectivity index is 0.00000361. The van der Waals surface area contributed by atoms with Crippen LogP contribution in [0.5, 0.6) is 0 Å². The van der Waals surface area contributed by atoms with Crippen molar-refractivity contribution in [2.75, 3.05) is 6.16 Å². The van der Waals surface area contributed by atoms with Crippen LogP contribution in [-0.4, -0.2) is 30.8 Å². The van der Waals surface area contributed by atoms with Gasteiger partial charge < -0.3 is 0 Å². The van der Waals surface area contributed by atoms with Crippen molar-refractivity contribution >= 4 is 33.9 Å². The molecule has 0 heterocycles. The van der Waals surface area contributed by atoms with Gasteiger partial charge in [0.25, 0.3) is 0 Å². The summed E-state index contributed by atoms with van der Waals surface area (Å²) in [5, 5.41) is 0. The molecule has 0 fully saturated rings. The predicted octanol–water partition coefficient (Wildman–Crippen LogP) is 3.79. The van der Waals surface area contributed by atoms with Gasteiger partial charge in [0.1, 0.15) is 0 Å². The first-order valence-corrected chi connectivity index (χ1v) is 5.91. The SMILES string of the molecule is O=C(CCP)c1c(C(F)(F)F)cccc1C(F)(F)F.[Li]. The quantitative estimate of drug-likeness (QED) is 0.359. The number of Topliss-reactive ketones (excluding diaryl/α,β-unsaturated/α-hetero) is 1. The van der Waals surface area contributed by atoms with E-state index < -0.39 is 41.2 Å². The van der Waals surface area contributed by atoms with E-state index in [1.54, 1.807) is 0 Å². The first-order valence-electron chi connectivity index (χ1n) is 5.09. The Labute approximate surface area is 125 Å². The Morgan fingerprint density at radius 2 is 1.40 bits per heavy atom. The molecule has 0 aromatic heterocycles. The van der Waals surface area contributed by atoms with Crippen molar-refractivity contribution in [3.05, 3.63) is 34.9 Å². The van der Waals surface area contributed by atoms with Crippen molar-refractivity contribution < 1.29 is 31.1 Å². The number of halogens is 6. The van der Waals surface area contributed by atoms with Gasteiger partial charge in [0, 0.05) is 30.8 Å². The number of hydrogen-bond donors (Lipinski definition) is 0. The summed E-state index contributed by atoms with van der Waals surface area (Å²) < 4.78 is 76.2. The van der Waals surface area contributed by atoms with Gasteiger partial charge in [-0.05, 0) is 18.3 Å². The van der Waals surface area contributed by atoms with E-state index in [9.17, 15) is 31.1 Å². The molecule has 0 saturated heterocycles. The summed E-state index contributed by atoms with van der Waals surface area (Å²) in [5.41, 5.74) is -4.40. The smallest absolute Gasteiger partial charge is 0.294 e. The maximum absolute atomic E-state index is 12.7. The van der Waals surface area contributed by atoms with Crippen LogP contribution >= 0.6 is 9.24 Å².